The molecule has 7 heteroatoms. The molecule has 4 nitrogen and oxygen atoms in total. The number of Topliss-reactive ketones (excluding diaryl/α,β-unsaturated/α-hetero) is 1. The Morgan fingerprint density at radius 2 is 1.71 bits per heavy atom. The van der Waals surface area contributed by atoms with Gasteiger partial charge in [-0.25, -0.2) is 13.2 Å². The number of piperidine rings is 1. The van der Waals surface area contributed by atoms with Gasteiger partial charge in [0, 0.05) is 37.7 Å². The monoisotopic (exact) mass is 394 g/mol. The fourth-order valence-corrected chi connectivity index (χ4v) is 5.31. The van der Waals surface area contributed by atoms with Crippen LogP contribution in [-0.2, 0) is 4.79 Å². The molecule has 1 aliphatic carbocycles. The lowest BCUT2D eigenvalue weighted by molar-refractivity contribution is -0.146. The lowest BCUT2D eigenvalue weighted by Gasteiger charge is -2.42. The zero-order valence-corrected chi connectivity index (χ0v) is 15.8. The zero-order valence-electron chi connectivity index (χ0n) is 15.8. The summed E-state index contributed by atoms with van der Waals surface area (Å²) < 4.78 is 41.0. The molecule has 0 radical (unpaired) electrons. The predicted molar refractivity (Wildman–Crippen MR) is 97.2 cm³/mol. The largest absolute Gasteiger partial charge is 0.342 e. The van der Waals surface area contributed by atoms with E-state index in [1.807, 2.05) is 4.90 Å². The minimum atomic E-state index is -1.16. The van der Waals surface area contributed by atoms with Gasteiger partial charge < -0.3 is 10.2 Å². The van der Waals surface area contributed by atoms with Gasteiger partial charge in [0.15, 0.2) is 5.78 Å². The maximum Gasteiger partial charge on any atom is 0.230 e. The van der Waals surface area contributed by atoms with Crippen molar-refractivity contribution in [2.75, 3.05) is 26.2 Å². The molecule has 152 valence electrons. The number of likely N-dealkylation sites (tertiary alicyclic amines) is 1. The molecule has 3 aliphatic rings. The highest BCUT2D eigenvalue weighted by molar-refractivity contribution is 5.98. The van der Waals surface area contributed by atoms with E-state index in [0.717, 1.165) is 32.2 Å². The molecule has 0 spiro atoms. The van der Waals surface area contributed by atoms with Crippen molar-refractivity contribution in [2.45, 2.75) is 38.5 Å². The molecule has 2 aliphatic heterocycles. The number of nitrogens with zero attached hydrogens (tertiary/aromatic N) is 1. The van der Waals surface area contributed by atoms with Crippen molar-refractivity contribution in [1.29, 1.82) is 0 Å². The van der Waals surface area contributed by atoms with E-state index in [9.17, 15) is 22.8 Å². The van der Waals surface area contributed by atoms with Crippen LogP contribution < -0.4 is 5.32 Å². The average molecular weight is 394 g/mol. The van der Waals surface area contributed by atoms with Crippen molar-refractivity contribution in [3.05, 3.63) is 35.1 Å². The summed E-state index contributed by atoms with van der Waals surface area (Å²) >= 11 is 0. The predicted octanol–water partition coefficient (Wildman–Crippen LogP) is 3.31. The normalized spacial score (nSPS) is 28.2. The second-order valence-electron chi connectivity index (χ2n) is 8.40. The van der Waals surface area contributed by atoms with E-state index >= 15 is 0 Å². The van der Waals surface area contributed by atoms with Gasteiger partial charge in [-0.3, -0.25) is 9.59 Å². The van der Waals surface area contributed by atoms with Gasteiger partial charge in [0.25, 0.3) is 0 Å². The lowest BCUT2D eigenvalue weighted by Crippen LogP contribution is -2.52. The number of benzene rings is 1. The van der Waals surface area contributed by atoms with Gasteiger partial charge in [0.2, 0.25) is 5.91 Å². The summed E-state index contributed by atoms with van der Waals surface area (Å²) in [6, 6.07) is 1.06. The summed E-state index contributed by atoms with van der Waals surface area (Å²) in [5.74, 6) is -4.04. The number of ketones is 1. The molecular weight excluding hydrogens is 369 g/mol. The van der Waals surface area contributed by atoms with Crippen molar-refractivity contribution in [3.8, 4) is 0 Å². The number of rotatable bonds is 3. The molecule has 1 N–H and O–H groups in total. The van der Waals surface area contributed by atoms with Gasteiger partial charge in [-0.05, 0) is 38.1 Å². The van der Waals surface area contributed by atoms with E-state index in [1.54, 1.807) is 0 Å². The summed E-state index contributed by atoms with van der Waals surface area (Å²) in [6.45, 7) is 2.41. The number of nitrogens with one attached hydrogen (secondary N) is 1. The Morgan fingerprint density at radius 1 is 1.04 bits per heavy atom. The SMILES string of the molecule is O=C(c1c(F)cc(F)cc1F)C1CCN(C(=O)[C@@]23CCCC[C@H]2CNC3)CC1. The molecule has 2 heterocycles. The van der Waals surface area contributed by atoms with Crippen LogP contribution in [0.1, 0.15) is 48.9 Å². The zero-order chi connectivity index (χ0) is 19.9. The van der Waals surface area contributed by atoms with Crippen LogP contribution in [-0.4, -0.2) is 42.8 Å². The van der Waals surface area contributed by atoms with E-state index in [-0.39, 0.29) is 11.3 Å². The smallest absolute Gasteiger partial charge is 0.230 e. The number of amides is 1. The third-order valence-corrected chi connectivity index (χ3v) is 6.87. The topological polar surface area (TPSA) is 49.4 Å². The molecule has 1 saturated carbocycles. The first kappa shape index (κ1) is 19.4. The van der Waals surface area contributed by atoms with Gasteiger partial charge in [-0.2, -0.15) is 0 Å². The van der Waals surface area contributed by atoms with E-state index < -0.39 is 34.7 Å². The van der Waals surface area contributed by atoms with E-state index in [0.29, 0.717) is 50.5 Å². The maximum atomic E-state index is 13.9. The number of hydrogen-bond donors (Lipinski definition) is 1. The summed E-state index contributed by atoms with van der Waals surface area (Å²) in [6.07, 6.45) is 4.92. The standard InChI is InChI=1S/C21H25F3N2O2/c22-15-9-16(23)18(17(24)10-15)19(27)13-4-7-26(8-5-13)20(28)21-6-2-1-3-14(21)11-25-12-21/h9-10,13-14,25H,1-8,11-12H2/t14-,21+/m0/s1. The van der Waals surface area contributed by atoms with Gasteiger partial charge in [-0.1, -0.05) is 12.8 Å². The van der Waals surface area contributed by atoms with Crippen LogP contribution in [0.2, 0.25) is 0 Å². The highest BCUT2D eigenvalue weighted by atomic mass is 19.1. The molecule has 2 atom stereocenters. The Hall–Kier alpha value is -1.89. The number of carbonyl (C=O) groups excluding carboxylic acids is 2. The van der Waals surface area contributed by atoms with Gasteiger partial charge in [0.05, 0.1) is 11.0 Å². The number of hydrogen-bond acceptors (Lipinski definition) is 3. The van der Waals surface area contributed by atoms with Crippen LogP contribution in [0.3, 0.4) is 0 Å². The lowest BCUT2D eigenvalue weighted by atomic mass is 9.67. The molecule has 1 aromatic rings. The molecule has 0 bridgehead atoms. The molecule has 1 aromatic carbocycles. The molecule has 28 heavy (non-hydrogen) atoms. The molecule has 4 rings (SSSR count). The number of halogens is 3. The van der Waals surface area contributed by atoms with Crippen LogP contribution in [0.15, 0.2) is 12.1 Å². The van der Waals surface area contributed by atoms with Crippen molar-refractivity contribution in [1.82, 2.24) is 10.2 Å². The summed E-state index contributed by atoms with van der Waals surface area (Å²) in [4.78, 5) is 27.7. The van der Waals surface area contributed by atoms with Crippen LogP contribution in [0, 0.1) is 34.7 Å². The maximum absolute atomic E-state index is 13.9. The third kappa shape index (κ3) is 3.23. The first-order chi connectivity index (χ1) is 13.4. The Bertz CT molecular complexity index is 769. The summed E-state index contributed by atoms with van der Waals surface area (Å²) in [7, 11) is 0. The Labute approximate surface area is 162 Å². The van der Waals surface area contributed by atoms with Crippen LogP contribution in [0.25, 0.3) is 0 Å². The molecule has 0 unspecified atom stereocenters. The highest BCUT2D eigenvalue weighted by Gasteiger charge is 2.51. The summed E-state index contributed by atoms with van der Waals surface area (Å²) in [5.41, 5.74) is -0.998. The highest BCUT2D eigenvalue weighted by Crippen LogP contribution is 2.45. The molecule has 0 aromatic heterocycles. The first-order valence-corrected chi connectivity index (χ1v) is 10.1. The Morgan fingerprint density at radius 3 is 2.39 bits per heavy atom. The third-order valence-electron chi connectivity index (χ3n) is 6.87. The minimum absolute atomic E-state index is 0.159. The summed E-state index contributed by atoms with van der Waals surface area (Å²) in [5, 5.41) is 3.38. The van der Waals surface area contributed by atoms with Crippen LogP contribution >= 0.6 is 0 Å². The van der Waals surface area contributed by atoms with Crippen LogP contribution in [0.5, 0.6) is 0 Å². The second kappa shape index (κ2) is 7.50. The Kier molecular flexibility index (Phi) is 5.21. The van der Waals surface area contributed by atoms with Gasteiger partial charge in [-0.15, -0.1) is 0 Å². The first-order valence-electron chi connectivity index (χ1n) is 10.1. The molecule has 3 fully saturated rings. The number of fused-ring (bicyclic) bond motifs is 1. The quantitative estimate of drug-likeness (QED) is 0.801. The average Bonchev–Trinajstić information content (AvgIpc) is 3.12. The second-order valence-corrected chi connectivity index (χ2v) is 8.40. The fourth-order valence-electron chi connectivity index (χ4n) is 5.31. The molecule has 1 amide bonds. The Balaban J connectivity index is 1.44. The van der Waals surface area contributed by atoms with Gasteiger partial charge >= 0.3 is 0 Å². The van der Waals surface area contributed by atoms with Crippen molar-refractivity contribution >= 4 is 11.7 Å². The van der Waals surface area contributed by atoms with Gasteiger partial charge in [0.1, 0.15) is 17.5 Å². The van der Waals surface area contributed by atoms with Crippen molar-refractivity contribution in [3.63, 3.8) is 0 Å². The molecular formula is C21H25F3N2O2. The van der Waals surface area contributed by atoms with Crippen molar-refractivity contribution in [2.24, 2.45) is 17.3 Å². The van der Waals surface area contributed by atoms with E-state index in [4.69, 9.17) is 0 Å². The van der Waals surface area contributed by atoms with Crippen LogP contribution in [0.4, 0.5) is 13.2 Å². The minimum Gasteiger partial charge on any atom is -0.342 e. The fraction of sp³-hybridized carbons (Fsp3) is 0.619. The van der Waals surface area contributed by atoms with Crippen molar-refractivity contribution < 1.29 is 22.8 Å². The van der Waals surface area contributed by atoms with E-state index in [2.05, 4.69) is 5.32 Å². The number of carbonyl (C=O) groups is 2. The van der Waals surface area contributed by atoms with E-state index in [1.165, 1.54) is 0 Å². The molecule has 2 saturated heterocycles.